The Morgan fingerprint density at radius 1 is 1.50 bits per heavy atom. The Morgan fingerprint density at radius 2 is 2.50 bits per heavy atom. The van der Waals surface area contributed by atoms with E-state index >= 15 is 0 Å². The minimum Gasteiger partial charge on any atom is -0.291 e. The second kappa shape index (κ2) is 2.37. The molecule has 0 aliphatic carbocycles. The van der Waals surface area contributed by atoms with Crippen LogP contribution >= 0.6 is 0 Å². The van der Waals surface area contributed by atoms with Crippen LogP contribution in [0.15, 0.2) is 21.6 Å². The first-order valence-electron chi connectivity index (χ1n) is 3.67. The first kappa shape index (κ1) is 5.83. The molecule has 0 saturated heterocycles. The predicted octanol–water partition coefficient (Wildman–Crippen LogP) is 1.23. The van der Waals surface area contributed by atoms with E-state index in [1.54, 1.807) is 0 Å². The number of nitrogens with zero attached hydrogens (tertiary/aromatic N) is 2. The molecule has 0 saturated carbocycles. The van der Waals surface area contributed by atoms with E-state index in [4.69, 9.17) is 0 Å². The van der Waals surface area contributed by atoms with Crippen LogP contribution in [0.2, 0.25) is 0 Å². The lowest BCUT2D eigenvalue weighted by molar-refractivity contribution is 0.838. The molecule has 2 heteroatoms. The van der Waals surface area contributed by atoms with Gasteiger partial charge in [-0.1, -0.05) is 6.08 Å². The second-order valence-corrected chi connectivity index (χ2v) is 2.61. The van der Waals surface area contributed by atoms with E-state index in [0.29, 0.717) is 6.04 Å². The van der Waals surface area contributed by atoms with E-state index < -0.39 is 0 Å². The van der Waals surface area contributed by atoms with Gasteiger partial charge in [-0.25, -0.2) is 0 Å². The third-order valence-electron chi connectivity index (χ3n) is 1.91. The summed E-state index contributed by atoms with van der Waals surface area (Å²) in [5.41, 5.74) is 1.46. The topological polar surface area (TPSA) is 24.7 Å². The molecule has 1 atom stereocenters. The molecule has 1 unspecified atom stereocenters. The Morgan fingerprint density at radius 3 is 3.40 bits per heavy atom. The van der Waals surface area contributed by atoms with Gasteiger partial charge in [0.15, 0.2) is 0 Å². The van der Waals surface area contributed by atoms with Crippen molar-refractivity contribution in [3.8, 4) is 0 Å². The second-order valence-electron chi connectivity index (χ2n) is 2.61. The zero-order chi connectivity index (χ0) is 6.81. The smallest absolute Gasteiger partial charge is 0.105 e. The van der Waals surface area contributed by atoms with Crippen molar-refractivity contribution in [3.63, 3.8) is 0 Å². The highest BCUT2D eigenvalue weighted by atomic mass is 14.8. The fourth-order valence-corrected chi connectivity index (χ4v) is 1.35. The van der Waals surface area contributed by atoms with Gasteiger partial charge < -0.3 is 0 Å². The summed E-state index contributed by atoms with van der Waals surface area (Å²) in [5.74, 6) is 0. The van der Waals surface area contributed by atoms with Gasteiger partial charge >= 0.3 is 0 Å². The Labute approximate surface area is 60.4 Å². The molecule has 0 amide bonds. The van der Waals surface area contributed by atoms with Gasteiger partial charge in [-0.2, -0.15) is 0 Å². The van der Waals surface area contributed by atoms with Crippen molar-refractivity contribution in [2.75, 3.05) is 6.54 Å². The highest BCUT2D eigenvalue weighted by molar-refractivity contribution is 5.76. The average Bonchev–Trinajstić information content (AvgIpc) is 2.05. The number of hydrogen-bond acceptors (Lipinski definition) is 2. The van der Waals surface area contributed by atoms with Gasteiger partial charge in [0.25, 0.3) is 0 Å². The van der Waals surface area contributed by atoms with E-state index in [0.717, 1.165) is 13.0 Å². The fourth-order valence-electron chi connectivity index (χ4n) is 1.35. The van der Waals surface area contributed by atoms with Crippen LogP contribution in [0.4, 0.5) is 0 Å². The zero-order valence-corrected chi connectivity index (χ0v) is 5.83. The first-order chi connectivity index (χ1) is 4.97. The SMILES string of the molecule is C1=NCC=C2CCC=NC12. The summed E-state index contributed by atoms with van der Waals surface area (Å²) in [4.78, 5) is 8.46. The maximum absolute atomic E-state index is 4.31. The summed E-state index contributed by atoms with van der Waals surface area (Å²) in [6.45, 7) is 0.862. The van der Waals surface area contributed by atoms with E-state index in [1.165, 1.54) is 12.0 Å². The molecule has 10 heavy (non-hydrogen) atoms. The van der Waals surface area contributed by atoms with Crippen molar-refractivity contribution in [2.45, 2.75) is 18.9 Å². The largest absolute Gasteiger partial charge is 0.291 e. The van der Waals surface area contributed by atoms with Crippen LogP contribution in [0.1, 0.15) is 12.8 Å². The van der Waals surface area contributed by atoms with E-state index in [2.05, 4.69) is 16.1 Å². The van der Waals surface area contributed by atoms with E-state index in [-0.39, 0.29) is 0 Å². The molecule has 52 valence electrons. The molecule has 2 aliphatic heterocycles. The normalized spacial score (nSPS) is 29.6. The number of hydrogen-bond donors (Lipinski definition) is 0. The molecule has 2 rings (SSSR count). The van der Waals surface area contributed by atoms with Crippen LogP contribution in [0.3, 0.4) is 0 Å². The number of fused-ring (bicyclic) bond motifs is 1. The van der Waals surface area contributed by atoms with Gasteiger partial charge in [0, 0.05) is 12.4 Å². The van der Waals surface area contributed by atoms with Crippen molar-refractivity contribution in [1.29, 1.82) is 0 Å². The molecule has 0 N–H and O–H groups in total. The number of dihydropyridines is 1. The van der Waals surface area contributed by atoms with Crippen molar-refractivity contribution >= 4 is 12.4 Å². The third kappa shape index (κ3) is 0.897. The standard InChI is InChI=1S/C8H10N2/c1-2-7-3-5-9-6-8(7)10-4-1/h3-4,6,8H,1-2,5H2. The van der Waals surface area contributed by atoms with Gasteiger partial charge in [-0.3, -0.25) is 9.98 Å². The summed E-state index contributed by atoms with van der Waals surface area (Å²) < 4.78 is 0. The Hall–Kier alpha value is -0.920. The van der Waals surface area contributed by atoms with Crippen LogP contribution in [0.5, 0.6) is 0 Å². The molecule has 0 aromatic carbocycles. The monoisotopic (exact) mass is 134 g/mol. The Balaban J connectivity index is 2.26. The third-order valence-corrected chi connectivity index (χ3v) is 1.91. The highest BCUT2D eigenvalue weighted by Crippen LogP contribution is 2.17. The fraction of sp³-hybridized carbons (Fsp3) is 0.500. The molecular weight excluding hydrogens is 124 g/mol. The van der Waals surface area contributed by atoms with Crippen LogP contribution < -0.4 is 0 Å². The number of rotatable bonds is 0. The molecule has 2 aliphatic rings. The van der Waals surface area contributed by atoms with Gasteiger partial charge in [-0.05, 0) is 18.4 Å². The molecular formula is C8H10N2. The zero-order valence-electron chi connectivity index (χ0n) is 5.83. The molecule has 0 aromatic rings. The van der Waals surface area contributed by atoms with Gasteiger partial charge in [0.2, 0.25) is 0 Å². The van der Waals surface area contributed by atoms with Crippen LogP contribution in [0, 0.1) is 0 Å². The maximum Gasteiger partial charge on any atom is 0.105 e. The minimum absolute atomic E-state index is 0.294. The summed E-state index contributed by atoms with van der Waals surface area (Å²) in [5, 5.41) is 0. The van der Waals surface area contributed by atoms with Crippen molar-refractivity contribution in [2.24, 2.45) is 9.98 Å². The molecule has 2 nitrogen and oxygen atoms in total. The van der Waals surface area contributed by atoms with Crippen molar-refractivity contribution < 1.29 is 0 Å². The maximum atomic E-state index is 4.31. The van der Waals surface area contributed by atoms with Gasteiger partial charge in [-0.15, -0.1) is 0 Å². The molecule has 0 bridgehead atoms. The van der Waals surface area contributed by atoms with E-state index in [1.807, 2.05) is 12.4 Å². The Kier molecular flexibility index (Phi) is 1.38. The Bertz CT molecular complexity index is 213. The summed E-state index contributed by atoms with van der Waals surface area (Å²) in [7, 11) is 0. The average molecular weight is 134 g/mol. The lowest BCUT2D eigenvalue weighted by Crippen LogP contribution is -2.17. The summed E-state index contributed by atoms with van der Waals surface area (Å²) in [6, 6.07) is 0.294. The molecule has 0 aromatic heterocycles. The van der Waals surface area contributed by atoms with Crippen LogP contribution in [-0.4, -0.2) is 25.0 Å². The minimum atomic E-state index is 0.294. The first-order valence-corrected chi connectivity index (χ1v) is 3.67. The van der Waals surface area contributed by atoms with Crippen molar-refractivity contribution in [3.05, 3.63) is 11.6 Å². The lowest BCUT2D eigenvalue weighted by Gasteiger charge is -2.18. The lowest BCUT2D eigenvalue weighted by atomic mass is 9.99. The van der Waals surface area contributed by atoms with Gasteiger partial charge in [0.05, 0.1) is 6.54 Å². The number of aliphatic imine (C=N–C) groups is 2. The highest BCUT2D eigenvalue weighted by Gasteiger charge is 2.14. The van der Waals surface area contributed by atoms with Gasteiger partial charge in [0.1, 0.15) is 6.04 Å². The summed E-state index contributed by atoms with van der Waals surface area (Å²) >= 11 is 0. The van der Waals surface area contributed by atoms with E-state index in [9.17, 15) is 0 Å². The molecule has 0 spiro atoms. The molecule has 0 radical (unpaired) electrons. The molecule has 2 heterocycles. The van der Waals surface area contributed by atoms with Crippen molar-refractivity contribution in [1.82, 2.24) is 0 Å². The van der Waals surface area contributed by atoms with Crippen LogP contribution in [0.25, 0.3) is 0 Å². The molecule has 0 fully saturated rings. The predicted molar refractivity (Wildman–Crippen MR) is 43.0 cm³/mol. The summed E-state index contributed by atoms with van der Waals surface area (Å²) in [6.07, 6.45) is 8.43. The quantitative estimate of drug-likeness (QED) is 0.445. The van der Waals surface area contributed by atoms with Crippen LogP contribution in [-0.2, 0) is 0 Å².